The number of benzene rings is 2. The number of anilines is 1. The molecule has 0 atom stereocenters. The lowest BCUT2D eigenvalue weighted by molar-refractivity contribution is -0.115. The van der Waals surface area contributed by atoms with Crippen molar-refractivity contribution in [3.8, 4) is 5.75 Å². The highest BCUT2D eigenvalue weighted by Gasteiger charge is 2.06. The van der Waals surface area contributed by atoms with Gasteiger partial charge in [0.1, 0.15) is 5.75 Å². The van der Waals surface area contributed by atoms with E-state index < -0.39 is 0 Å². The van der Waals surface area contributed by atoms with Crippen molar-refractivity contribution >= 4 is 35.0 Å². The van der Waals surface area contributed by atoms with Gasteiger partial charge in [0.05, 0.1) is 12.3 Å². The van der Waals surface area contributed by atoms with Gasteiger partial charge in [-0.3, -0.25) is 10.1 Å². The van der Waals surface area contributed by atoms with Crippen LogP contribution in [0.15, 0.2) is 60.7 Å². The van der Waals surface area contributed by atoms with E-state index >= 15 is 0 Å². The highest BCUT2D eigenvalue weighted by atomic mass is 32.1. The smallest absolute Gasteiger partial charge is 0.250 e. The van der Waals surface area contributed by atoms with Crippen LogP contribution in [0.1, 0.15) is 12.5 Å². The fourth-order valence-electron chi connectivity index (χ4n) is 1.89. The van der Waals surface area contributed by atoms with Gasteiger partial charge < -0.3 is 10.1 Å². The van der Waals surface area contributed by atoms with Crippen LogP contribution in [-0.2, 0) is 4.79 Å². The third kappa shape index (κ3) is 5.56. The lowest BCUT2D eigenvalue weighted by Crippen LogP contribution is -2.32. The van der Waals surface area contributed by atoms with Crippen molar-refractivity contribution in [3.05, 3.63) is 66.2 Å². The number of rotatable bonds is 5. The van der Waals surface area contributed by atoms with Crippen LogP contribution in [0.25, 0.3) is 6.08 Å². The van der Waals surface area contributed by atoms with Gasteiger partial charge in [0.25, 0.3) is 0 Å². The number of amides is 1. The Morgan fingerprint density at radius 3 is 2.57 bits per heavy atom. The van der Waals surface area contributed by atoms with E-state index in [1.54, 1.807) is 6.08 Å². The van der Waals surface area contributed by atoms with Crippen LogP contribution in [0.2, 0.25) is 0 Å². The predicted molar refractivity (Wildman–Crippen MR) is 97.5 cm³/mol. The van der Waals surface area contributed by atoms with Gasteiger partial charge in [0.15, 0.2) is 5.11 Å². The van der Waals surface area contributed by atoms with E-state index in [-0.39, 0.29) is 11.0 Å². The van der Waals surface area contributed by atoms with E-state index in [9.17, 15) is 4.79 Å². The molecular formula is C18H18N2O2S. The first kappa shape index (κ1) is 16.7. The predicted octanol–water partition coefficient (Wildman–Crippen LogP) is 3.61. The monoisotopic (exact) mass is 326 g/mol. The maximum atomic E-state index is 11.9. The molecule has 5 heteroatoms. The highest BCUT2D eigenvalue weighted by molar-refractivity contribution is 7.80. The standard InChI is InChI=1S/C18H18N2O2S/c1-2-22-16-11-7-6-10-15(16)19-18(23)20-17(21)13-12-14-8-4-3-5-9-14/h3-13H,2H2,1H3,(H2,19,20,21,23)/b13-12-. The summed E-state index contributed by atoms with van der Waals surface area (Å²) in [6, 6.07) is 17.0. The molecule has 0 aromatic heterocycles. The van der Waals surface area contributed by atoms with Crippen LogP contribution in [0.5, 0.6) is 5.75 Å². The Kier molecular flexibility index (Phi) is 6.32. The fraction of sp³-hybridized carbons (Fsp3) is 0.111. The minimum Gasteiger partial charge on any atom is -0.492 e. The molecule has 1 amide bonds. The van der Waals surface area contributed by atoms with Gasteiger partial charge in [-0.1, -0.05) is 42.5 Å². The average Bonchev–Trinajstić information content (AvgIpc) is 2.56. The Bertz CT molecular complexity index is 699. The summed E-state index contributed by atoms with van der Waals surface area (Å²) in [6.45, 7) is 2.46. The zero-order chi connectivity index (χ0) is 16.5. The van der Waals surface area contributed by atoms with Gasteiger partial charge in [0.2, 0.25) is 5.91 Å². The second kappa shape index (κ2) is 8.70. The van der Waals surface area contributed by atoms with Gasteiger partial charge >= 0.3 is 0 Å². The highest BCUT2D eigenvalue weighted by Crippen LogP contribution is 2.23. The van der Waals surface area contributed by atoms with Crippen LogP contribution < -0.4 is 15.4 Å². The van der Waals surface area contributed by atoms with Crippen molar-refractivity contribution < 1.29 is 9.53 Å². The number of carbonyl (C=O) groups is 1. The van der Waals surface area contributed by atoms with Gasteiger partial charge in [-0.05, 0) is 42.9 Å². The molecule has 118 valence electrons. The first-order valence-corrected chi connectivity index (χ1v) is 7.67. The maximum absolute atomic E-state index is 11.9. The summed E-state index contributed by atoms with van der Waals surface area (Å²) in [4.78, 5) is 11.9. The van der Waals surface area contributed by atoms with Crippen molar-refractivity contribution in [1.82, 2.24) is 5.32 Å². The molecule has 2 aromatic rings. The number of hydrogen-bond acceptors (Lipinski definition) is 3. The third-order valence-corrected chi connectivity index (χ3v) is 3.10. The number of thiocarbonyl (C=S) groups is 1. The lowest BCUT2D eigenvalue weighted by Gasteiger charge is -2.12. The van der Waals surface area contributed by atoms with E-state index in [2.05, 4.69) is 10.6 Å². The van der Waals surface area contributed by atoms with Crippen LogP contribution in [-0.4, -0.2) is 17.6 Å². The second-order valence-electron chi connectivity index (χ2n) is 4.62. The number of hydrogen-bond donors (Lipinski definition) is 2. The molecule has 23 heavy (non-hydrogen) atoms. The molecule has 0 bridgehead atoms. The lowest BCUT2D eigenvalue weighted by atomic mass is 10.2. The topological polar surface area (TPSA) is 50.4 Å². The molecule has 0 saturated carbocycles. The molecule has 0 unspecified atom stereocenters. The van der Waals surface area contributed by atoms with Crippen molar-refractivity contribution in [1.29, 1.82) is 0 Å². The largest absolute Gasteiger partial charge is 0.492 e. The zero-order valence-electron chi connectivity index (χ0n) is 12.8. The zero-order valence-corrected chi connectivity index (χ0v) is 13.6. The van der Waals surface area contributed by atoms with Crippen LogP contribution in [0, 0.1) is 0 Å². The van der Waals surface area contributed by atoms with E-state index in [4.69, 9.17) is 17.0 Å². The van der Waals surface area contributed by atoms with E-state index in [1.165, 1.54) is 6.08 Å². The quantitative estimate of drug-likeness (QED) is 0.651. The average molecular weight is 326 g/mol. The van der Waals surface area contributed by atoms with E-state index in [0.717, 1.165) is 5.56 Å². The summed E-state index contributed by atoms with van der Waals surface area (Å²) in [5.74, 6) is 0.395. The molecule has 2 rings (SSSR count). The minimum atomic E-state index is -0.291. The number of carbonyl (C=O) groups excluding carboxylic acids is 1. The summed E-state index contributed by atoms with van der Waals surface area (Å²) in [6.07, 6.45) is 3.17. The molecule has 0 fully saturated rings. The third-order valence-electron chi connectivity index (χ3n) is 2.90. The van der Waals surface area contributed by atoms with Gasteiger partial charge in [-0.2, -0.15) is 0 Å². The Labute approximate surface area is 141 Å². The summed E-state index contributed by atoms with van der Waals surface area (Å²) >= 11 is 5.15. The molecule has 0 aliphatic rings. The van der Waals surface area contributed by atoms with Gasteiger partial charge in [-0.25, -0.2) is 0 Å². The van der Waals surface area contributed by atoms with Crippen molar-refractivity contribution in [2.45, 2.75) is 6.92 Å². The molecule has 0 radical (unpaired) electrons. The van der Waals surface area contributed by atoms with Crippen molar-refractivity contribution in [2.24, 2.45) is 0 Å². The SMILES string of the molecule is CCOc1ccccc1NC(=S)NC(=O)/C=C\c1ccccc1. The summed E-state index contributed by atoms with van der Waals surface area (Å²) in [7, 11) is 0. The molecule has 0 saturated heterocycles. The molecule has 0 spiro atoms. The summed E-state index contributed by atoms with van der Waals surface area (Å²) in [5.41, 5.74) is 1.66. The molecule has 4 nitrogen and oxygen atoms in total. The molecular weight excluding hydrogens is 308 g/mol. The van der Waals surface area contributed by atoms with Crippen LogP contribution in [0.3, 0.4) is 0 Å². The first-order valence-electron chi connectivity index (χ1n) is 7.26. The first-order chi connectivity index (χ1) is 11.2. The minimum absolute atomic E-state index is 0.222. The van der Waals surface area contributed by atoms with Gasteiger partial charge in [0, 0.05) is 6.08 Å². The Morgan fingerprint density at radius 1 is 1.13 bits per heavy atom. The molecule has 2 aromatic carbocycles. The maximum Gasteiger partial charge on any atom is 0.250 e. The molecule has 0 aliphatic heterocycles. The summed E-state index contributed by atoms with van der Waals surface area (Å²) in [5, 5.41) is 5.79. The van der Waals surface area contributed by atoms with Crippen LogP contribution in [0.4, 0.5) is 5.69 Å². The summed E-state index contributed by atoms with van der Waals surface area (Å²) < 4.78 is 5.50. The molecule has 0 aliphatic carbocycles. The Hall–Kier alpha value is -2.66. The number of nitrogens with one attached hydrogen (secondary N) is 2. The van der Waals surface area contributed by atoms with Gasteiger partial charge in [-0.15, -0.1) is 0 Å². The second-order valence-corrected chi connectivity index (χ2v) is 5.02. The molecule has 0 heterocycles. The van der Waals surface area contributed by atoms with Crippen molar-refractivity contribution in [2.75, 3.05) is 11.9 Å². The fourth-order valence-corrected chi connectivity index (χ4v) is 2.11. The van der Waals surface area contributed by atoms with E-state index in [0.29, 0.717) is 18.0 Å². The van der Waals surface area contributed by atoms with Crippen molar-refractivity contribution in [3.63, 3.8) is 0 Å². The Balaban J connectivity index is 1.92. The van der Waals surface area contributed by atoms with E-state index in [1.807, 2.05) is 61.5 Å². The normalized spacial score (nSPS) is 10.3. The van der Waals surface area contributed by atoms with Crippen LogP contribution >= 0.6 is 12.2 Å². The number of para-hydroxylation sites is 2. The Morgan fingerprint density at radius 2 is 1.83 bits per heavy atom. The number of ether oxygens (including phenoxy) is 1. The molecule has 2 N–H and O–H groups in total.